The lowest BCUT2D eigenvalue weighted by Gasteiger charge is -2.36. The zero-order chi connectivity index (χ0) is 26.4. The minimum atomic E-state index is -1.21. The van der Waals surface area contributed by atoms with Crippen molar-refractivity contribution in [3.8, 4) is 0 Å². The number of hydrogen-bond acceptors (Lipinski definition) is 8. The first-order valence-electron chi connectivity index (χ1n) is 12.4. The molecule has 37 heavy (non-hydrogen) atoms. The number of amides is 2. The van der Waals surface area contributed by atoms with Gasteiger partial charge in [-0.1, -0.05) is 36.1 Å². The monoisotopic (exact) mass is 509 g/mol. The minimum Gasteiger partial charge on any atom is -0.461 e. The maximum atomic E-state index is 14.2. The summed E-state index contributed by atoms with van der Waals surface area (Å²) in [5.74, 6) is -3.05. The summed E-state index contributed by atoms with van der Waals surface area (Å²) in [5.41, 5.74) is -0.699. The van der Waals surface area contributed by atoms with Crippen molar-refractivity contribution in [1.82, 2.24) is 24.8 Å². The number of aromatic nitrogens is 3. The second-order valence-electron chi connectivity index (χ2n) is 9.97. The first kappa shape index (κ1) is 25.1. The smallest absolute Gasteiger partial charge is 0.313 e. The van der Waals surface area contributed by atoms with Gasteiger partial charge in [0.2, 0.25) is 11.8 Å². The molecule has 2 bridgehead atoms. The number of fused-ring (bicyclic) bond motifs is 2. The molecule has 0 saturated carbocycles. The Labute approximate surface area is 214 Å². The van der Waals surface area contributed by atoms with Crippen LogP contribution in [-0.2, 0) is 30.5 Å². The number of β-amino-alcohol motifs (C(OH)–C–C–N with tert-alkyl or cyclic N) is 1. The third-order valence-electron chi connectivity index (χ3n) is 7.83. The van der Waals surface area contributed by atoms with Gasteiger partial charge in [-0.3, -0.25) is 14.4 Å². The van der Waals surface area contributed by atoms with E-state index in [0.29, 0.717) is 18.4 Å². The number of rotatable bonds is 10. The van der Waals surface area contributed by atoms with E-state index in [1.807, 2.05) is 24.3 Å². The van der Waals surface area contributed by atoms with Gasteiger partial charge in [-0.25, -0.2) is 4.68 Å². The van der Waals surface area contributed by atoms with Gasteiger partial charge in [0.1, 0.15) is 36.4 Å². The van der Waals surface area contributed by atoms with Crippen LogP contribution in [0.15, 0.2) is 49.6 Å². The fourth-order valence-electron chi connectivity index (χ4n) is 6.37. The van der Waals surface area contributed by atoms with Crippen molar-refractivity contribution in [3.05, 3.63) is 49.6 Å². The molecule has 0 aliphatic carbocycles. The molecule has 1 aromatic carbocycles. The van der Waals surface area contributed by atoms with E-state index >= 15 is 0 Å². The molecule has 2 amide bonds. The summed E-state index contributed by atoms with van der Waals surface area (Å²) in [6.45, 7) is 9.06. The highest BCUT2D eigenvalue weighted by Crippen LogP contribution is 2.63. The third kappa shape index (κ3) is 3.75. The number of aliphatic hydroxyl groups is 1. The van der Waals surface area contributed by atoms with Crippen LogP contribution in [0.3, 0.4) is 0 Å². The number of para-hydroxylation sites is 1. The molecule has 3 saturated heterocycles. The van der Waals surface area contributed by atoms with E-state index in [1.54, 1.807) is 17.7 Å². The molecule has 3 aliphatic heterocycles. The predicted molar refractivity (Wildman–Crippen MR) is 132 cm³/mol. The fourth-order valence-corrected chi connectivity index (χ4v) is 6.37. The zero-order valence-corrected chi connectivity index (χ0v) is 20.8. The summed E-state index contributed by atoms with van der Waals surface area (Å²) < 4.78 is 13.5. The van der Waals surface area contributed by atoms with Crippen LogP contribution in [0.5, 0.6) is 0 Å². The summed E-state index contributed by atoms with van der Waals surface area (Å²) in [7, 11) is 0. The van der Waals surface area contributed by atoms with Gasteiger partial charge >= 0.3 is 5.97 Å². The molecule has 5 atom stereocenters. The summed E-state index contributed by atoms with van der Waals surface area (Å²) in [4.78, 5) is 44.0. The number of carbonyl (C=O) groups excluding carboxylic acids is 3. The fraction of sp³-hybridized carbons (Fsp3) is 0.500. The number of likely N-dealkylation sites (tertiary alicyclic amines) is 1. The second-order valence-corrected chi connectivity index (χ2v) is 9.97. The molecule has 5 rings (SSSR count). The Hall–Kier alpha value is -3.57. The molecule has 2 unspecified atom stereocenters. The van der Waals surface area contributed by atoms with Crippen LogP contribution in [0.25, 0.3) is 11.0 Å². The molecule has 0 radical (unpaired) electrons. The van der Waals surface area contributed by atoms with Crippen LogP contribution in [0, 0.1) is 11.8 Å². The van der Waals surface area contributed by atoms with Crippen molar-refractivity contribution in [3.63, 3.8) is 0 Å². The van der Waals surface area contributed by atoms with Gasteiger partial charge in [-0.2, -0.15) is 0 Å². The minimum absolute atomic E-state index is 0.0149. The van der Waals surface area contributed by atoms with Crippen LogP contribution in [0.1, 0.15) is 19.8 Å². The quantitative estimate of drug-likeness (QED) is 0.370. The standard InChI is InChI=1S/C26H31N5O6/c1-4-12-29(16-31-18-9-7-6-8-17(18)27-28-31)23(34)21-26-11-10-25(3,37-26)20(24(35)36-15-5-2)19(26)22(33)30(21)13-14-32/h4-9,19-21,32H,1-2,10-16H2,3H3/t19-,20+,21?,25-,26?/m0/s1. The maximum absolute atomic E-state index is 14.2. The zero-order valence-electron chi connectivity index (χ0n) is 20.8. The number of nitrogens with zero attached hydrogens (tertiary/aromatic N) is 5. The van der Waals surface area contributed by atoms with E-state index in [9.17, 15) is 19.5 Å². The van der Waals surface area contributed by atoms with E-state index in [4.69, 9.17) is 9.47 Å². The molecular weight excluding hydrogens is 478 g/mol. The molecule has 1 spiro atoms. The Kier molecular flexibility index (Phi) is 6.36. The summed E-state index contributed by atoms with van der Waals surface area (Å²) in [6.07, 6.45) is 3.99. The first-order valence-corrected chi connectivity index (χ1v) is 12.4. The SMILES string of the molecule is C=CCOC(=O)[C@H]1[C@H]2C(=O)N(CCO)C(C(=O)N(CC=C)Cn3nnc4ccccc43)C23CC[C@]1(C)O3. The van der Waals surface area contributed by atoms with Gasteiger partial charge in [-0.05, 0) is 31.9 Å². The van der Waals surface area contributed by atoms with E-state index in [-0.39, 0.29) is 44.8 Å². The molecule has 2 aromatic rings. The van der Waals surface area contributed by atoms with Crippen LogP contribution in [0.2, 0.25) is 0 Å². The van der Waals surface area contributed by atoms with Crippen LogP contribution >= 0.6 is 0 Å². The number of esters is 1. The third-order valence-corrected chi connectivity index (χ3v) is 7.83. The Bertz CT molecular complexity index is 1260. The van der Waals surface area contributed by atoms with Crippen LogP contribution < -0.4 is 0 Å². The maximum Gasteiger partial charge on any atom is 0.313 e. The topological polar surface area (TPSA) is 127 Å². The average Bonchev–Trinajstić information content (AvgIpc) is 3.58. The molecule has 11 heteroatoms. The van der Waals surface area contributed by atoms with E-state index < -0.39 is 35.0 Å². The van der Waals surface area contributed by atoms with E-state index in [0.717, 1.165) is 5.52 Å². The lowest BCUT2D eigenvalue weighted by Crippen LogP contribution is -2.56. The molecule has 196 valence electrons. The van der Waals surface area contributed by atoms with Crippen LogP contribution in [-0.4, -0.2) is 91.2 Å². The lowest BCUT2D eigenvalue weighted by molar-refractivity contribution is -0.160. The molecule has 1 aromatic heterocycles. The van der Waals surface area contributed by atoms with E-state index in [1.165, 1.54) is 15.9 Å². The molecule has 11 nitrogen and oxygen atoms in total. The Balaban J connectivity index is 1.52. The number of ether oxygens (including phenoxy) is 2. The van der Waals surface area contributed by atoms with Gasteiger partial charge in [0.25, 0.3) is 0 Å². The molecule has 3 aliphatic rings. The Morgan fingerprint density at radius 1 is 1.30 bits per heavy atom. The largest absolute Gasteiger partial charge is 0.461 e. The normalized spacial score (nSPS) is 29.9. The van der Waals surface area contributed by atoms with Crippen molar-refractivity contribution in [1.29, 1.82) is 0 Å². The van der Waals surface area contributed by atoms with Gasteiger partial charge in [-0.15, -0.1) is 11.7 Å². The van der Waals surface area contributed by atoms with Crippen molar-refractivity contribution in [2.75, 3.05) is 26.3 Å². The lowest BCUT2D eigenvalue weighted by atomic mass is 9.66. The predicted octanol–water partition coefficient (Wildman–Crippen LogP) is 0.890. The van der Waals surface area contributed by atoms with Crippen molar-refractivity contribution >= 4 is 28.8 Å². The van der Waals surface area contributed by atoms with Crippen molar-refractivity contribution in [2.45, 2.75) is 43.7 Å². The van der Waals surface area contributed by atoms with Gasteiger partial charge < -0.3 is 24.4 Å². The number of benzene rings is 1. The van der Waals surface area contributed by atoms with Gasteiger partial charge in [0.05, 0.1) is 23.6 Å². The van der Waals surface area contributed by atoms with E-state index in [2.05, 4.69) is 23.5 Å². The molecular formula is C26H31N5O6. The van der Waals surface area contributed by atoms with Gasteiger partial charge in [0.15, 0.2) is 0 Å². The average molecular weight is 510 g/mol. The van der Waals surface area contributed by atoms with Crippen LogP contribution in [0.4, 0.5) is 0 Å². The Morgan fingerprint density at radius 3 is 2.81 bits per heavy atom. The second kappa shape index (κ2) is 9.38. The molecule has 1 N–H and O–H groups in total. The highest BCUT2D eigenvalue weighted by molar-refractivity contribution is 5.98. The highest BCUT2D eigenvalue weighted by atomic mass is 16.6. The summed E-state index contributed by atoms with van der Waals surface area (Å²) in [6, 6.07) is 6.39. The Morgan fingerprint density at radius 2 is 2.08 bits per heavy atom. The van der Waals surface area contributed by atoms with Crippen molar-refractivity contribution in [2.24, 2.45) is 11.8 Å². The summed E-state index contributed by atoms with van der Waals surface area (Å²) in [5, 5.41) is 18.2. The number of aliphatic hydroxyl groups excluding tert-OH is 1. The first-order chi connectivity index (χ1) is 17.8. The number of hydrogen-bond donors (Lipinski definition) is 1. The molecule has 3 fully saturated rings. The number of carbonyl (C=O) groups is 3. The van der Waals surface area contributed by atoms with Gasteiger partial charge in [0, 0.05) is 13.1 Å². The molecule has 4 heterocycles. The summed E-state index contributed by atoms with van der Waals surface area (Å²) >= 11 is 0. The van der Waals surface area contributed by atoms with Crippen molar-refractivity contribution < 1.29 is 29.0 Å². The highest BCUT2D eigenvalue weighted by Gasteiger charge is 2.78.